The van der Waals surface area contributed by atoms with Crippen molar-refractivity contribution in [1.29, 1.82) is 0 Å². The minimum Gasteiger partial charge on any atom is -0.497 e. The quantitative estimate of drug-likeness (QED) is 0.739. The third-order valence-electron chi connectivity index (χ3n) is 4.70. The number of hydrogen-bond acceptors (Lipinski definition) is 4. The van der Waals surface area contributed by atoms with E-state index in [4.69, 9.17) is 21.1 Å². The van der Waals surface area contributed by atoms with Gasteiger partial charge in [0.15, 0.2) is 0 Å². The minimum atomic E-state index is -0.208. The molecule has 0 aliphatic carbocycles. The number of amides is 1. The van der Waals surface area contributed by atoms with E-state index in [0.717, 1.165) is 16.9 Å². The van der Waals surface area contributed by atoms with Crippen molar-refractivity contribution in [2.45, 2.75) is 12.3 Å². The molecular weight excluding hydrogens is 366 g/mol. The topological polar surface area (TPSA) is 65.4 Å². The summed E-state index contributed by atoms with van der Waals surface area (Å²) in [5.41, 5.74) is 2.39. The van der Waals surface area contributed by atoms with Gasteiger partial charge in [-0.25, -0.2) is 4.98 Å². The van der Waals surface area contributed by atoms with Gasteiger partial charge in [0.25, 0.3) is 0 Å². The molecule has 6 nitrogen and oxygen atoms in total. The van der Waals surface area contributed by atoms with Crippen molar-refractivity contribution >= 4 is 23.3 Å². The molecule has 2 aromatic carbocycles. The van der Waals surface area contributed by atoms with E-state index in [2.05, 4.69) is 10.3 Å². The van der Waals surface area contributed by atoms with Crippen LogP contribution in [0, 0.1) is 0 Å². The Balaban J connectivity index is 1.87. The van der Waals surface area contributed by atoms with Gasteiger partial charge in [0.2, 0.25) is 5.91 Å². The average molecular weight is 384 g/mol. The monoisotopic (exact) mass is 383 g/mol. The summed E-state index contributed by atoms with van der Waals surface area (Å²) < 4.78 is 12.6. The molecule has 1 atom stereocenters. The Morgan fingerprint density at radius 1 is 1.19 bits per heavy atom. The number of fused-ring (bicyclic) bond motifs is 1. The van der Waals surface area contributed by atoms with Gasteiger partial charge in [-0.2, -0.15) is 0 Å². The highest BCUT2D eigenvalue weighted by Gasteiger charge is 2.32. The first-order chi connectivity index (χ1) is 13.1. The molecule has 0 saturated carbocycles. The zero-order chi connectivity index (χ0) is 19.0. The third kappa shape index (κ3) is 3.02. The molecule has 2 heterocycles. The van der Waals surface area contributed by atoms with E-state index in [9.17, 15) is 4.79 Å². The summed E-state index contributed by atoms with van der Waals surface area (Å²) in [7, 11) is 3.20. The fourth-order valence-electron chi connectivity index (χ4n) is 3.39. The molecule has 0 spiro atoms. The summed E-state index contributed by atoms with van der Waals surface area (Å²) in [5, 5.41) is 3.56. The maximum atomic E-state index is 12.4. The van der Waals surface area contributed by atoms with Gasteiger partial charge in [0, 0.05) is 23.4 Å². The maximum absolute atomic E-state index is 12.4. The molecule has 0 saturated heterocycles. The lowest BCUT2D eigenvalue weighted by molar-refractivity contribution is -0.116. The first-order valence-electron chi connectivity index (χ1n) is 8.46. The summed E-state index contributed by atoms with van der Waals surface area (Å²) in [5.74, 6) is 1.64. The molecule has 1 N–H and O–H groups in total. The first kappa shape index (κ1) is 17.4. The van der Waals surface area contributed by atoms with E-state index in [1.165, 1.54) is 0 Å². The van der Waals surface area contributed by atoms with Crippen molar-refractivity contribution in [2.24, 2.45) is 0 Å². The van der Waals surface area contributed by atoms with Crippen LogP contribution in [-0.4, -0.2) is 29.7 Å². The Kier molecular flexibility index (Phi) is 4.49. The smallest absolute Gasteiger partial charge is 0.226 e. The van der Waals surface area contributed by atoms with Crippen LogP contribution in [0.25, 0.3) is 5.69 Å². The van der Waals surface area contributed by atoms with Gasteiger partial charge in [-0.1, -0.05) is 29.8 Å². The Labute approximate surface area is 161 Å². The van der Waals surface area contributed by atoms with Crippen LogP contribution in [0.5, 0.6) is 11.5 Å². The van der Waals surface area contributed by atoms with Crippen molar-refractivity contribution in [3.8, 4) is 17.2 Å². The van der Waals surface area contributed by atoms with Crippen LogP contribution in [0.2, 0.25) is 5.02 Å². The molecule has 0 unspecified atom stereocenters. The van der Waals surface area contributed by atoms with Crippen molar-refractivity contribution in [1.82, 2.24) is 9.55 Å². The maximum Gasteiger partial charge on any atom is 0.226 e. The second kappa shape index (κ2) is 6.96. The van der Waals surface area contributed by atoms with E-state index in [-0.39, 0.29) is 11.8 Å². The van der Waals surface area contributed by atoms with Gasteiger partial charge >= 0.3 is 0 Å². The lowest BCUT2D eigenvalue weighted by Crippen LogP contribution is -2.25. The number of nitrogens with zero attached hydrogens (tertiary/aromatic N) is 2. The highest BCUT2D eigenvalue weighted by molar-refractivity contribution is 6.31. The number of carbonyl (C=O) groups is 1. The SMILES string of the molecule is COc1ccc(OC)c(-n2cnc3c2NC(=O)C[C@H]3c2ccccc2Cl)c1. The molecule has 1 aliphatic heterocycles. The van der Waals surface area contributed by atoms with Crippen LogP contribution in [0.4, 0.5) is 5.82 Å². The molecule has 1 aromatic heterocycles. The van der Waals surface area contributed by atoms with Crippen molar-refractivity contribution in [3.63, 3.8) is 0 Å². The lowest BCUT2D eigenvalue weighted by atomic mass is 9.90. The fraction of sp³-hybridized carbons (Fsp3) is 0.200. The van der Waals surface area contributed by atoms with Crippen molar-refractivity contribution in [2.75, 3.05) is 19.5 Å². The Bertz CT molecular complexity index is 1020. The molecule has 4 rings (SSSR count). The largest absolute Gasteiger partial charge is 0.497 e. The number of hydrogen-bond donors (Lipinski definition) is 1. The summed E-state index contributed by atoms with van der Waals surface area (Å²) in [6, 6.07) is 13.0. The Hall–Kier alpha value is -2.99. The third-order valence-corrected chi connectivity index (χ3v) is 5.04. The number of imidazole rings is 1. The molecule has 0 fully saturated rings. The molecule has 1 amide bonds. The summed E-state index contributed by atoms with van der Waals surface area (Å²) in [4.78, 5) is 17.0. The van der Waals surface area contributed by atoms with Crippen LogP contribution < -0.4 is 14.8 Å². The average Bonchev–Trinajstić information content (AvgIpc) is 3.10. The van der Waals surface area contributed by atoms with Crippen LogP contribution >= 0.6 is 11.6 Å². The number of aromatic nitrogens is 2. The molecule has 0 radical (unpaired) electrons. The van der Waals surface area contributed by atoms with Gasteiger partial charge in [0.05, 0.1) is 25.6 Å². The van der Waals surface area contributed by atoms with E-state index >= 15 is 0 Å². The molecule has 3 aromatic rings. The number of carbonyl (C=O) groups excluding carboxylic acids is 1. The first-order valence-corrected chi connectivity index (χ1v) is 8.84. The van der Waals surface area contributed by atoms with E-state index < -0.39 is 0 Å². The van der Waals surface area contributed by atoms with Crippen LogP contribution in [0.3, 0.4) is 0 Å². The van der Waals surface area contributed by atoms with Crippen molar-refractivity contribution < 1.29 is 14.3 Å². The standard InChI is InChI=1S/C20H18ClN3O3/c1-26-12-7-8-17(27-2)16(9-12)24-11-22-19-14(10-18(25)23-20(19)24)13-5-3-4-6-15(13)21/h3-9,11,14H,10H2,1-2H3,(H,23,25)/t14-/m0/s1. The van der Waals surface area contributed by atoms with Crippen LogP contribution in [0.1, 0.15) is 23.6 Å². The molecule has 0 bridgehead atoms. The summed E-state index contributed by atoms with van der Waals surface area (Å²) in [6.45, 7) is 0. The Morgan fingerprint density at radius 2 is 2.00 bits per heavy atom. The van der Waals surface area contributed by atoms with Gasteiger partial charge in [0.1, 0.15) is 23.6 Å². The van der Waals surface area contributed by atoms with Gasteiger partial charge in [-0.15, -0.1) is 0 Å². The van der Waals surface area contributed by atoms with Gasteiger partial charge < -0.3 is 14.8 Å². The normalized spacial score (nSPS) is 15.8. The molecule has 7 heteroatoms. The number of methoxy groups -OCH3 is 2. The summed E-state index contributed by atoms with van der Waals surface area (Å²) >= 11 is 6.38. The fourth-order valence-corrected chi connectivity index (χ4v) is 3.66. The predicted molar refractivity (Wildman–Crippen MR) is 103 cm³/mol. The number of nitrogens with one attached hydrogen (secondary N) is 1. The molecule has 27 heavy (non-hydrogen) atoms. The predicted octanol–water partition coefficient (Wildman–Crippen LogP) is 4.02. The van der Waals surface area contributed by atoms with E-state index in [1.54, 1.807) is 25.1 Å². The van der Waals surface area contributed by atoms with E-state index in [1.807, 2.05) is 42.5 Å². The molecule has 138 valence electrons. The zero-order valence-corrected chi connectivity index (χ0v) is 15.7. The second-order valence-electron chi connectivity index (χ2n) is 6.21. The number of benzene rings is 2. The highest BCUT2D eigenvalue weighted by atomic mass is 35.5. The second-order valence-corrected chi connectivity index (χ2v) is 6.62. The van der Waals surface area contributed by atoms with Crippen molar-refractivity contribution in [3.05, 3.63) is 65.1 Å². The summed E-state index contributed by atoms with van der Waals surface area (Å²) in [6.07, 6.45) is 1.97. The van der Waals surface area contributed by atoms with Crippen LogP contribution in [0.15, 0.2) is 48.8 Å². The van der Waals surface area contributed by atoms with Crippen LogP contribution in [-0.2, 0) is 4.79 Å². The van der Waals surface area contributed by atoms with Gasteiger partial charge in [-0.3, -0.25) is 9.36 Å². The number of halogens is 1. The molecular formula is C20H18ClN3O3. The molecule has 1 aliphatic rings. The number of anilines is 1. The zero-order valence-electron chi connectivity index (χ0n) is 14.9. The lowest BCUT2D eigenvalue weighted by Gasteiger charge is -2.24. The highest BCUT2D eigenvalue weighted by Crippen LogP contribution is 2.41. The van der Waals surface area contributed by atoms with Gasteiger partial charge in [-0.05, 0) is 23.8 Å². The number of rotatable bonds is 4. The number of ether oxygens (including phenoxy) is 2. The van der Waals surface area contributed by atoms with E-state index in [0.29, 0.717) is 28.8 Å². The Morgan fingerprint density at radius 3 is 2.74 bits per heavy atom. The minimum absolute atomic E-state index is 0.0870.